The van der Waals surface area contributed by atoms with Crippen molar-refractivity contribution in [1.82, 2.24) is 0 Å². The molecule has 0 bridgehead atoms. The van der Waals surface area contributed by atoms with E-state index in [0.717, 1.165) is 5.56 Å². The maximum Gasteiger partial charge on any atom is 0.354 e. The number of esters is 1. The first-order chi connectivity index (χ1) is 8.27. The highest BCUT2D eigenvalue weighted by Gasteiger charge is 2.45. The molecule has 0 aromatic heterocycles. The molecule has 1 aliphatic rings. The van der Waals surface area contributed by atoms with Gasteiger partial charge in [0.05, 0.1) is 6.61 Å². The Labute approximate surface area is 100 Å². The van der Waals surface area contributed by atoms with E-state index in [1.54, 1.807) is 13.1 Å². The maximum absolute atomic E-state index is 11.9. The van der Waals surface area contributed by atoms with E-state index in [1.165, 1.54) is 0 Å². The molecule has 0 radical (unpaired) electrons. The molecule has 4 heteroatoms. The SMILES string of the molecule is CCOC(=O)C1(Cc2ccccc2)CC=NO1. The molecule has 4 nitrogen and oxygen atoms in total. The molecule has 1 aliphatic heterocycles. The van der Waals surface area contributed by atoms with Crippen molar-refractivity contribution in [3.8, 4) is 0 Å². The number of carbonyl (C=O) groups is 1. The second-order valence-electron chi connectivity index (χ2n) is 3.96. The van der Waals surface area contributed by atoms with Crippen molar-refractivity contribution in [2.45, 2.75) is 25.4 Å². The van der Waals surface area contributed by atoms with E-state index in [4.69, 9.17) is 9.57 Å². The van der Waals surface area contributed by atoms with E-state index >= 15 is 0 Å². The van der Waals surface area contributed by atoms with Crippen LogP contribution in [0.2, 0.25) is 0 Å². The first kappa shape index (κ1) is 11.6. The second kappa shape index (κ2) is 4.99. The number of hydrogen-bond donors (Lipinski definition) is 0. The minimum absolute atomic E-state index is 0.346. The summed E-state index contributed by atoms with van der Waals surface area (Å²) in [7, 11) is 0. The highest BCUT2D eigenvalue weighted by atomic mass is 16.7. The van der Waals surface area contributed by atoms with Crippen LogP contribution in [0.25, 0.3) is 0 Å². The smallest absolute Gasteiger partial charge is 0.354 e. The van der Waals surface area contributed by atoms with Crippen molar-refractivity contribution < 1.29 is 14.4 Å². The van der Waals surface area contributed by atoms with E-state index in [1.807, 2.05) is 30.3 Å². The van der Waals surface area contributed by atoms with E-state index in [-0.39, 0.29) is 5.97 Å². The molecule has 1 unspecified atom stereocenters. The summed E-state index contributed by atoms with van der Waals surface area (Å²) in [5.41, 5.74) is 0.0585. The molecule has 1 atom stereocenters. The van der Waals surface area contributed by atoms with Gasteiger partial charge in [-0.25, -0.2) is 4.79 Å². The number of hydrogen-bond acceptors (Lipinski definition) is 4. The summed E-state index contributed by atoms with van der Waals surface area (Å²) in [6.07, 6.45) is 2.55. The molecular formula is C13H15NO3. The minimum Gasteiger partial charge on any atom is -0.463 e. The fourth-order valence-electron chi connectivity index (χ4n) is 1.85. The lowest BCUT2D eigenvalue weighted by atomic mass is 9.92. The molecule has 0 N–H and O–H groups in total. The molecule has 0 saturated heterocycles. The Morgan fingerprint density at radius 1 is 1.47 bits per heavy atom. The van der Waals surface area contributed by atoms with Crippen LogP contribution in [0.15, 0.2) is 35.5 Å². The molecule has 17 heavy (non-hydrogen) atoms. The van der Waals surface area contributed by atoms with Gasteiger partial charge in [-0.3, -0.25) is 0 Å². The number of rotatable bonds is 4. The topological polar surface area (TPSA) is 47.9 Å². The molecule has 1 aromatic rings. The maximum atomic E-state index is 11.9. The van der Waals surface area contributed by atoms with Crippen molar-refractivity contribution in [2.24, 2.45) is 5.16 Å². The predicted molar refractivity (Wildman–Crippen MR) is 63.7 cm³/mol. The minimum atomic E-state index is -0.975. The third-order valence-electron chi connectivity index (χ3n) is 2.70. The van der Waals surface area contributed by atoms with Gasteiger partial charge in [0, 0.05) is 19.1 Å². The van der Waals surface area contributed by atoms with Crippen LogP contribution in [0.1, 0.15) is 18.9 Å². The number of oxime groups is 1. The Morgan fingerprint density at radius 3 is 2.82 bits per heavy atom. The molecule has 0 saturated carbocycles. The molecule has 90 valence electrons. The summed E-state index contributed by atoms with van der Waals surface area (Å²) < 4.78 is 5.06. The average molecular weight is 233 g/mol. The van der Waals surface area contributed by atoms with Crippen LogP contribution < -0.4 is 0 Å². The van der Waals surface area contributed by atoms with Crippen LogP contribution in [-0.2, 0) is 20.8 Å². The zero-order chi connectivity index (χ0) is 12.1. The van der Waals surface area contributed by atoms with Gasteiger partial charge in [-0.15, -0.1) is 0 Å². The molecular weight excluding hydrogens is 218 g/mol. The molecule has 0 aliphatic carbocycles. The Balaban J connectivity index is 2.15. The van der Waals surface area contributed by atoms with Crippen molar-refractivity contribution >= 4 is 12.2 Å². The van der Waals surface area contributed by atoms with Gasteiger partial charge >= 0.3 is 5.97 Å². The predicted octanol–water partition coefficient (Wildman–Crippen LogP) is 1.94. The standard InChI is InChI=1S/C13H15NO3/c1-2-16-12(15)13(8-9-14-17-13)10-11-6-4-3-5-7-11/h3-7,9H,2,8,10H2,1H3. The highest BCUT2D eigenvalue weighted by Crippen LogP contribution is 2.27. The Bertz CT molecular complexity index is 406. The van der Waals surface area contributed by atoms with Gasteiger partial charge in [0.2, 0.25) is 5.60 Å². The van der Waals surface area contributed by atoms with Crippen LogP contribution in [0.3, 0.4) is 0 Å². The van der Waals surface area contributed by atoms with E-state index in [0.29, 0.717) is 19.4 Å². The third-order valence-corrected chi connectivity index (χ3v) is 2.70. The zero-order valence-corrected chi connectivity index (χ0v) is 9.76. The van der Waals surface area contributed by atoms with Gasteiger partial charge in [-0.2, -0.15) is 0 Å². The molecule has 0 fully saturated rings. The number of ether oxygens (including phenoxy) is 1. The van der Waals surface area contributed by atoms with Gasteiger partial charge in [0.25, 0.3) is 0 Å². The van der Waals surface area contributed by atoms with Crippen molar-refractivity contribution in [1.29, 1.82) is 0 Å². The summed E-state index contributed by atoms with van der Waals surface area (Å²) in [6.45, 7) is 2.13. The normalized spacial score (nSPS) is 22.2. The Kier molecular flexibility index (Phi) is 3.42. The first-order valence-electron chi connectivity index (χ1n) is 5.68. The Hall–Kier alpha value is -1.84. The second-order valence-corrected chi connectivity index (χ2v) is 3.96. The van der Waals surface area contributed by atoms with E-state index in [2.05, 4.69) is 5.16 Å². The zero-order valence-electron chi connectivity index (χ0n) is 9.76. The van der Waals surface area contributed by atoms with Gasteiger partial charge < -0.3 is 9.57 Å². The lowest BCUT2D eigenvalue weighted by Gasteiger charge is -2.23. The van der Waals surface area contributed by atoms with Crippen molar-refractivity contribution in [3.63, 3.8) is 0 Å². The monoisotopic (exact) mass is 233 g/mol. The van der Waals surface area contributed by atoms with Crippen molar-refractivity contribution in [2.75, 3.05) is 6.61 Å². The highest BCUT2D eigenvalue weighted by molar-refractivity contribution is 5.85. The van der Waals surface area contributed by atoms with E-state index < -0.39 is 5.60 Å². The summed E-state index contributed by atoms with van der Waals surface area (Å²) in [6, 6.07) is 9.73. The van der Waals surface area contributed by atoms with Gasteiger partial charge in [-0.1, -0.05) is 35.5 Å². The van der Waals surface area contributed by atoms with E-state index in [9.17, 15) is 4.79 Å². The lowest BCUT2D eigenvalue weighted by Crippen LogP contribution is -2.42. The first-order valence-corrected chi connectivity index (χ1v) is 5.68. The van der Waals surface area contributed by atoms with Crippen LogP contribution >= 0.6 is 0 Å². The lowest BCUT2D eigenvalue weighted by molar-refractivity contribution is -0.168. The fourth-order valence-corrected chi connectivity index (χ4v) is 1.85. The summed E-state index contributed by atoms with van der Waals surface area (Å²) >= 11 is 0. The molecule has 1 heterocycles. The number of nitrogens with zero attached hydrogens (tertiary/aromatic N) is 1. The summed E-state index contributed by atoms with van der Waals surface area (Å²) in [5.74, 6) is -0.346. The molecule has 2 rings (SSSR count). The number of benzene rings is 1. The molecule has 0 spiro atoms. The molecule has 0 amide bonds. The Morgan fingerprint density at radius 2 is 2.24 bits per heavy atom. The van der Waals surface area contributed by atoms with Crippen LogP contribution in [0, 0.1) is 0 Å². The largest absolute Gasteiger partial charge is 0.463 e. The van der Waals surface area contributed by atoms with Gasteiger partial charge in [0.1, 0.15) is 0 Å². The van der Waals surface area contributed by atoms with Crippen LogP contribution in [0.5, 0.6) is 0 Å². The fraction of sp³-hybridized carbons (Fsp3) is 0.385. The van der Waals surface area contributed by atoms with Crippen LogP contribution in [-0.4, -0.2) is 24.4 Å². The van der Waals surface area contributed by atoms with Gasteiger partial charge in [0.15, 0.2) is 0 Å². The van der Waals surface area contributed by atoms with Crippen LogP contribution in [0.4, 0.5) is 0 Å². The third kappa shape index (κ3) is 2.46. The average Bonchev–Trinajstić information content (AvgIpc) is 2.80. The molecule has 1 aromatic carbocycles. The quantitative estimate of drug-likeness (QED) is 0.747. The van der Waals surface area contributed by atoms with Gasteiger partial charge in [-0.05, 0) is 12.5 Å². The van der Waals surface area contributed by atoms with Crippen molar-refractivity contribution in [3.05, 3.63) is 35.9 Å². The summed E-state index contributed by atoms with van der Waals surface area (Å²) in [5, 5.41) is 3.71. The summed E-state index contributed by atoms with van der Waals surface area (Å²) in [4.78, 5) is 17.2. The number of carbonyl (C=O) groups excluding carboxylic acids is 1.